The highest BCUT2D eigenvalue weighted by Gasteiger charge is 2.22. The smallest absolute Gasteiger partial charge is 0.225 e. The molecule has 0 saturated carbocycles. The lowest BCUT2D eigenvalue weighted by Crippen LogP contribution is -2.22. The number of halogens is 1. The highest BCUT2D eigenvalue weighted by Crippen LogP contribution is 2.37. The van der Waals surface area contributed by atoms with Crippen LogP contribution in [0.1, 0.15) is 29.9 Å². The van der Waals surface area contributed by atoms with Crippen LogP contribution >= 0.6 is 15.9 Å². The Morgan fingerprint density at radius 2 is 2.04 bits per heavy atom. The Kier molecular flexibility index (Phi) is 6.09. The van der Waals surface area contributed by atoms with E-state index in [1.54, 1.807) is 24.3 Å². The summed E-state index contributed by atoms with van der Waals surface area (Å²) in [7, 11) is 1.46. The van der Waals surface area contributed by atoms with Crippen LogP contribution in [0.5, 0.6) is 17.2 Å². The van der Waals surface area contributed by atoms with E-state index in [1.807, 2.05) is 6.07 Å². The van der Waals surface area contributed by atoms with Crippen molar-refractivity contribution in [2.45, 2.75) is 25.2 Å². The largest absolute Gasteiger partial charge is 0.508 e. The molecule has 0 fully saturated rings. The second kappa shape index (κ2) is 8.06. The van der Waals surface area contributed by atoms with Crippen molar-refractivity contribution in [1.82, 2.24) is 0 Å². The molecule has 24 heavy (non-hydrogen) atoms. The monoisotopic (exact) mass is 393 g/mol. The zero-order chi connectivity index (χ0) is 17.7. The molecule has 2 rings (SSSR count). The predicted octanol–water partition coefficient (Wildman–Crippen LogP) is 3.46. The van der Waals surface area contributed by atoms with Gasteiger partial charge >= 0.3 is 0 Å². The number of phenols is 2. The van der Waals surface area contributed by atoms with Gasteiger partial charge in [-0.3, -0.25) is 4.79 Å². The zero-order valence-electron chi connectivity index (χ0n) is 13.3. The lowest BCUT2D eigenvalue weighted by Gasteiger charge is -2.17. The first-order valence-electron chi connectivity index (χ1n) is 7.56. The van der Waals surface area contributed by atoms with Gasteiger partial charge in [0.1, 0.15) is 5.75 Å². The van der Waals surface area contributed by atoms with Gasteiger partial charge in [-0.25, -0.2) is 0 Å². The van der Waals surface area contributed by atoms with Crippen LogP contribution in [0, 0.1) is 0 Å². The lowest BCUT2D eigenvalue weighted by atomic mass is 9.91. The van der Waals surface area contributed by atoms with Crippen molar-refractivity contribution in [3.8, 4) is 17.2 Å². The maximum absolute atomic E-state index is 11.9. The number of phenolic OH excluding ortho intramolecular Hbond substituents is 2. The number of ether oxygens (including phenoxy) is 1. The van der Waals surface area contributed by atoms with E-state index in [2.05, 4.69) is 15.9 Å². The van der Waals surface area contributed by atoms with E-state index in [4.69, 9.17) is 10.5 Å². The number of primary amides is 1. The molecule has 5 nitrogen and oxygen atoms in total. The molecule has 1 amide bonds. The number of methoxy groups -OCH3 is 1. The molecule has 2 aromatic rings. The summed E-state index contributed by atoms with van der Waals surface area (Å²) in [5.41, 5.74) is 7.18. The number of carbonyl (C=O) groups is 1. The molecular formula is C18H20BrNO4. The Morgan fingerprint density at radius 1 is 1.29 bits per heavy atom. The van der Waals surface area contributed by atoms with Gasteiger partial charge in [-0.05, 0) is 54.7 Å². The lowest BCUT2D eigenvalue weighted by molar-refractivity contribution is -0.119. The van der Waals surface area contributed by atoms with Crippen molar-refractivity contribution >= 4 is 21.8 Å². The molecule has 0 aromatic heterocycles. The van der Waals surface area contributed by atoms with Crippen LogP contribution in [0.3, 0.4) is 0 Å². The molecule has 0 bridgehead atoms. The van der Waals surface area contributed by atoms with Crippen molar-refractivity contribution in [1.29, 1.82) is 0 Å². The Morgan fingerprint density at radius 3 is 2.67 bits per heavy atom. The molecule has 128 valence electrons. The normalized spacial score (nSPS) is 11.9. The second-order valence-electron chi connectivity index (χ2n) is 5.56. The number of benzene rings is 2. The quantitative estimate of drug-likeness (QED) is 0.671. The van der Waals surface area contributed by atoms with E-state index in [-0.39, 0.29) is 11.5 Å². The standard InChI is InChI=1S/C18H20BrNO4/c1-24-17-10-15(19)14(9-16(17)22)13(18(20)23)7-3-5-11-4-2-6-12(21)8-11/h2,4,6,8-10,13,21-22H,3,5,7H2,1H3,(H2,20,23). The van der Waals surface area contributed by atoms with Crippen LogP contribution in [0.25, 0.3) is 0 Å². The van der Waals surface area contributed by atoms with Gasteiger partial charge in [0, 0.05) is 4.47 Å². The summed E-state index contributed by atoms with van der Waals surface area (Å²) in [6, 6.07) is 10.2. The molecule has 1 unspecified atom stereocenters. The van der Waals surface area contributed by atoms with Gasteiger partial charge in [-0.1, -0.05) is 28.1 Å². The van der Waals surface area contributed by atoms with Crippen LogP contribution in [-0.4, -0.2) is 23.2 Å². The third-order valence-electron chi connectivity index (χ3n) is 3.89. The van der Waals surface area contributed by atoms with Crippen LogP contribution < -0.4 is 10.5 Å². The third-order valence-corrected chi connectivity index (χ3v) is 4.57. The number of aromatic hydroxyl groups is 2. The van der Waals surface area contributed by atoms with Gasteiger partial charge in [0.2, 0.25) is 5.91 Å². The molecule has 0 heterocycles. The Hall–Kier alpha value is -2.21. The molecule has 0 saturated heterocycles. The fraction of sp³-hybridized carbons (Fsp3) is 0.278. The highest BCUT2D eigenvalue weighted by atomic mass is 79.9. The van der Waals surface area contributed by atoms with E-state index in [0.717, 1.165) is 18.4 Å². The van der Waals surface area contributed by atoms with E-state index >= 15 is 0 Å². The zero-order valence-corrected chi connectivity index (χ0v) is 14.9. The Labute approximate surface area is 149 Å². The van der Waals surface area contributed by atoms with Crippen LogP contribution in [-0.2, 0) is 11.2 Å². The van der Waals surface area contributed by atoms with Gasteiger partial charge in [0.05, 0.1) is 13.0 Å². The molecule has 1 atom stereocenters. The first kappa shape index (κ1) is 18.1. The maximum Gasteiger partial charge on any atom is 0.225 e. The summed E-state index contributed by atoms with van der Waals surface area (Å²) in [5.74, 6) is -0.449. The molecule has 0 radical (unpaired) electrons. The van der Waals surface area contributed by atoms with Crippen molar-refractivity contribution in [3.05, 3.63) is 52.0 Å². The number of hydrogen-bond donors (Lipinski definition) is 3. The minimum absolute atomic E-state index is 0.0325. The van der Waals surface area contributed by atoms with E-state index < -0.39 is 11.8 Å². The highest BCUT2D eigenvalue weighted by molar-refractivity contribution is 9.10. The van der Waals surface area contributed by atoms with Crippen molar-refractivity contribution < 1.29 is 19.7 Å². The fourth-order valence-corrected chi connectivity index (χ4v) is 3.26. The van der Waals surface area contributed by atoms with Crippen LogP contribution in [0.2, 0.25) is 0 Å². The van der Waals surface area contributed by atoms with Gasteiger partial charge in [0.15, 0.2) is 11.5 Å². The topological polar surface area (TPSA) is 92.8 Å². The minimum Gasteiger partial charge on any atom is -0.508 e. The Bertz CT molecular complexity index is 733. The third kappa shape index (κ3) is 4.41. The Balaban J connectivity index is 2.12. The molecule has 6 heteroatoms. The summed E-state index contributed by atoms with van der Waals surface area (Å²) in [4.78, 5) is 11.9. The average molecular weight is 394 g/mol. The number of aryl methyl sites for hydroxylation is 1. The fourth-order valence-electron chi connectivity index (χ4n) is 2.66. The van der Waals surface area contributed by atoms with Crippen LogP contribution in [0.4, 0.5) is 0 Å². The SMILES string of the molecule is COc1cc(Br)c(C(CCCc2cccc(O)c2)C(N)=O)cc1O. The molecular weight excluding hydrogens is 374 g/mol. The van der Waals surface area contributed by atoms with Crippen molar-refractivity contribution in [3.63, 3.8) is 0 Å². The summed E-state index contributed by atoms with van der Waals surface area (Å²) in [6.07, 6.45) is 1.98. The van der Waals surface area contributed by atoms with E-state index in [0.29, 0.717) is 22.2 Å². The van der Waals surface area contributed by atoms with Crippen LogP contribution in [0.15, 0.2) is 40.9 Å². The molecule has 2 aromatic carbocycles. The van der Waals surface area contributed by atoms with Gasteiger partial charge in [0.25, 0.3) is 0 Å². The summed E-state index contributed by atoms with van der Waals surface area (Å²) < 4.78 is 5.72. The van der Waals surface area contributed by atoms with Crippen molar-refractivity contribution in [2.75, 3.05) is 7.11 Å². The summed E-state index contributed by atoms with van der Waals surface area (Å²) in [5, 5.41) is 19.4. The van der Waals surface area contributed by atoms with E-state index in [1.165, 1.54) is 13.2 Å². The predicted molar refractivity (Wildman–Crippen MR) is 95.3 cm³/mol. The molecule has 0 aliphatic carbocycles. The molecule has 0 spiro atoms. The number of hydrogen-bond acceptors (Lipinski definition) is 4. The molecule has 0 aliphatic rings. The number of carbonyl (C=O) groups excluding carboxylic acids is 1. The molecule has 4 N–H and O–H groups in total. The number of amides is 1. The van der Waals surface area contributed by atoms with Gasteiger partial charge < -0.3 is 20.7 Å². The number of rotatable bonds is 7. The minimum atomic E-state index is -0.520. The first-order chi connectivity index (χ1) is 11.4. The van der Waals surface area contributed by atoms with E-state index in [9.17, 15) is 15.0 Å². The summed E-state index contributed by atoms with van der Waals surface area (Å²) >= 11 is 3.41. The first-order valence-corrected chi connectivity index (χ1v) is 8.35. The number of nitrogens with two attached hydrogens (primary N) is 1. The van der Waals surface area contributed by atoms with Gasteiger partial charge in [-0.15, -0.1) is 0 Å². The van der Waals surface area contributed by atoms with Crippen molar-refractivity contribution in [2.24, 2.45) is 5.73 Å². The average Bonchev–Trinajstić information content (AvgIpc) is 2.53. The molecule has 0 aliphatic heterocycles. The second-order valence-corrected chi connectivity index (χ2v) is 6.42. The maximum atomic E-state index is 11.9. The summed E-state index contributed by atoms with van der Waals surface area (Å²) in [6.45, 7) is 0. The van der Waals surface area contributed by atoms with Gasteiger partial charge in [-0.2, -0.15) is 0 Å².